The lowest BCUT2D eigenvalue weighted by atomic mass is 9.77. The van der Waals surface area contributed by atoms with E-state index in [1.54, 1.807) is 12.1 Å². The summed E-state index contributed by atoms with van der Waals surface area (Å²) in [6.45, 7) is 5.46. The average molecular weight is 345 g/mol. The molecule has 6 heteroatoms. The van der Waals surface area contributed by atoms with E-state index >= 15 is 0 Å². The molecule has 0 atom stereocenters. The van der Waals surface area contributed by atoms with Crippen LogP contribution in [0.1, 0.15) is 62.7 Å². The summed E-state index contributed by atoms with van der Waals surface area (Å²) in [6, 6.07) is 4.84. The zero-order valence-corrected chi connectivity index (χ0v) is 15.1. The molecule has 0 bridgehead atoms. The number of benzene rings is 1. The quantitative estimate of drug-likeness (QED) is 0.663. The van der Waals surface area contributed by atoms with Gasteiger partial charge in [-0.15, -0.1) is 0 Å². The molecule has 1 heterocycles. The van der Waals surface area contributed by atoms with Crippen molar-refractivity contribution in [2.75, 3.05) is 18.0 Å². The number of amides is 1. The van der Waals surface area contributed by atoms with Crippen molar-refractivity contribution in [1.82, 2.24) is 5.32 Å². The van der Waals surface area contributed by atoms with Crippen LogP contribution in [0.15, 0.2) is 18.2 Å². The SMILES string of the molecule is CC(C)NC(=O)c1ccc(N2CCC3(CCCC3)CC2)c([N+](=O)[O-])c1. The van der Waals surface area contributed by atoms with Crippen molar-refractivity contribution >= 4 is 17.3 Å². The molecule has 1 amide bonds. The number of carbonyl (C=O) groups excluding carboxylic acids is 1. The number of nitrogens with zero attached hydrogens (tertiary/aromatic N) is 2. The number of nitrogens with one attached hydrogen (secondary N) is 1. The van der Waals surface area contributed by atoms with Crippen molar-refractivity contribution < 1.29 is 9.72 Å². The minimum absolute atomic E-state index is 0.00377. The summed E-state index contributed by atoms with van der Waals surface area (Å²) in [5.41, 5.74) is 1.48. The van der Waals surface area contributed by atoms with Crippen LogP contribution in [0.4, 0.5) is 11.4 Å². The van der Waals surface area contributed by atoms with Gasteiger partial charge in [0.25, 0.3) is 11.6 Å². The highest BCUT2D eigenvalue weighted by Crippen LogP contribution is 2.47. The Morgan fingerprint density at radius 3 is 2.40 bits per heavy atom. The number of hydrogen-bond acceptors (Lipinski definition) is 4. The van der Waals surface area contributed by atoms with Gasteiger partial charge in [0.15, 0.2) is 0 Å². The van der Waals surface area contributed by atoms with Crippen LogP contribution in [0, 0.1) is 15.5 Å². The van der Waals surface area contributed by atoms with Gasteiger partial charge >= 0.3 is 0 Å². The van der Waals surface area contributed by atoms with Crippen LogP contribution < -0.4 is 10.2 Å². The maximum atomic E-state index is 12.1. The van der Waals surface area contributed by atoms with Crippen molar-refractivity contribution in [2.24, 2.45) is 5.41 Å². The smallest absolute Gasteiger partial charge is 0.293 e. The fourth-order valence-electron chi connectivity index (χ4n) is 4.27. The highest BCUT2D eigenvalue weighted by Gasteiger charge is 2.38. The van der Waals surface area contributed by atoms with E-state index in [1.807, 2.05) is 13.8 Å². The Bertz CT molecular complexity index is 656. The standard InChI is InChI=1S/C19H27N3O3/c1-14(2)20-18(23)15-5-6-16(17(13-15)22(24)25)21-11-9-19(10-12-21)7-3-4-8-19/h5-6,13-14H,3-4,7-12H2,1-2H3,(H,20,23). The van der Waals surface area contributed by atoms with E-state index in [0.717, 1.165) is 25.9 Å². The van der Waals surface area contributed by atoms with E-state index in [-0.39, 0.29) is 22.6 Å². The zero-order valence-electron chi connectivity index (χ0n) is 15.1. The molecule has 0 radical (unpaired) electrons. The molecule has 136 valence electrons. The number of anilines is 1. The summed E-state index contributed by atoms with van der Waals surface area (Å²) in [5, 5.41) is 14.3. The maximum absolute atomic E-state index is 12.1. The first-order chi connectivity index (χ1) is 11.9. The summed E-state index contributed by atoms with van der Waals surface area (Å²) >= 11 is 0. The zero-order chi connectivity index (χ0) is 18.0. The second-order valence-electron chi connectivity index (χ2n) is 7.78. The van der Waals surface area contributed by atoms with E-state index in [4.69, 9.17) is 0 Å². The summed E-state index contributed by atoms with van der Waals surface area (Å²) in [7, 11) is 0. The van der Waals surface area contributed by atoms with Gasteiger partial charge in [0.2, 0.25) is 0 Å². The Kier molecular flexibility index (Phi) is 4.97. The highest BCUT2D eigenvalue weighted by molar-refractivity contribution is 5.96. The molecular formula is C19H27N3O3. The highest BCUT2D eigenvalue weighted by atomic mass is 16.6. The summed E-state index contributed by atoms with van der Waals surface area (Å²) < 4.78 is 0. The molecular weight excluding hydrogens is 318 g/mol. The van der Waals surface area contributed by atoms with Crippen molar-refractivity contribution in [3.05, 3.63) is 33.9 Å². The van der Waals surface area contributed by atoms with Crippen LogP contribution in [-0.2, 0) is 0 Å². The average Bonchev–Trinajstić information content (AvgIpc) is 3.02. The third-order valence-electron chi connectivity index (χ3n) is 5.68. The third kappa shape index (κ3) is 3.78. The Labute approximate surface area is 148 Å². The van der Waals surface area contributed by atoms with Crippen LogP contribution in [0.5, 0.6) is 0 Å². The Morgan fingerprint density at radius 1 is 1.20 bits per heavy atom. The second kappa shape index (κ2) is 7.02. The summed E-state index contributed by atoms with van der Waals surface area (Å²) in [5.74, 6) is -0.270. The normalized spacial score (nSPS) is 19.4. The van der Waals surface area contributed by atoms with Gasteiger partial charge in [-0.1, -0.05) is 12.8 Å². The number of nitro benzene ring substituents is 1. The van der Waals surface area contributed by atoms with Crippen molar-refractivity contribution in [3.63, 3.8) is 0 Å². The van der Waals surface area contributed by atoms with Gasteiger partial charge < -0.3 is 10.2 Å². The van der Waals surface area contributed by atoms with Gasteiger partial charge in [-0.05, 0) is 57.1 Å². The lowest BCUT2D eigenvalue weighted by molar-refractivity contribution is -0.384. The number of nitro groups is 1. The van der Waals surface area contributed by atoms with E-state index < -0.39 is 0 Å². The first kappa shape index (κ1) is 17.7. The molecule has 1 spiro atoms. The van der Waals surface area contributed by atoms with Crippen LogP contribution in [-0.4, -0.2) is 30.0 Å². The summed E-state index contributed by atoms with van der Waals surface area (Å²) in [4.78, 5) is 25.4. The van der Waals surface area contributed by atoms with Gasteiger partial charge in [0.05, 0.1) is 4.92 Å². The fourth-order valence-corrected chi connectivity index (χ4v) is 4.27. The van der Waals surface area contributed by atoms with Gasteiger partial charge in [-0.3, -0.25) is 14.9 Å². The van der Waals surface area contributed by atoms with E-state index in [1.165, 1.54) is 31.7 Å². The Balaban J connectivity index is 1.79. The molecule has 1 aromatic rings. The maximum Gasteiger partial charge on any atom is 0.293 e. The second-order valence-corrected chi connectivity index (χ2v) is 7.78. The van der Waals surface area contributed by atoms with E-state index in [0.29, 0.717) is 16.7 Å². The molecule has 1 aliphatic carbocycles. The monoisotopic (exact) mass is 345 g/mol. The fraction of sp³-hybridized carbons (Fsp3) is 0.632. The van der Waals surface area contributed by atoms with Crippen LogP contribution >= 0.6 is 0 Å². The number of rotatable bonds is 4. The largest absolute Gasteiger partial charge is 0.366 e. The number of piperidine rings is 1. The Morgan fingerprint density at radius 2 is 1.84 bits per heavy atom. The molecule has 1 saturated heterocycles. The minimum Gasteiger partial charge on any atom is -0.366 e. The number of hydrogen-bond donors (Lipinski definition) is 1. The van der Waals surface area contributed by atoms with E-state index in [2.05, 4.69) is 10.2 Å². The van der Waals surface area contributed by atoms with Gasteiger partial charge in [0.1, 0.15) is 5.69 Å². The summed E-state index contributed by atoms with van der Waals surface area (Å²) in [6.07, 6.45) is 7.47. The predicted molar refractivity (Wildman–Crippen MR) is 98.0 cm³/mol. The van der Waals surface area contributed by atoms with E-state index in [9.17, 15) is 14.9 Å². The van der Waals surface area contributed by atoms with Crippen molar-refractivity contribution in [2.45, 2.75) is 58.4 Å². The Hall–Kier alpha value is -2.11. The molecule has 0 aromatic heterocycles. The minimum atomic E-state index is -0.374. The lowest BCUT2D eigenvalue weighted by Gasteiger charge is -2.40. The first-order valence-corrected chi connectivity index (χ1v) is 9.24. The molecule has 6 nitrogen and oxygen atoms in total. The molecule has 2 aliphatic rings. The molecule has 3 rings (SSSR count). The van der Waals surface area contributed by atoms with Crippen LogP contribution in [0.3, 0.4) is 0 Å². The predicted octanol–water partition coefficient (Wildman–Crippen LogP) is 3.89. The van der Waals surface area contributed by atoms with Crippen LogP contribution in [0.2, 0.25) is 0 Å². The van der Waals surface area contributed by atoms with Gasteiger partial charge in [-0.2, -0.15) is 0 Å². The molecule has 1 saturated carbocycles. The first-order valence-electron chi connectivity index (χ1n) is 9.24. The molecule has 1 aliphatic heterocycles. The van der Waals surface area contributed by atoms with Gasteiger partial charge in [-0.25, -0.2) is 0 Å². The van der Waals surface area contributed by atoms with Crippen molar-refractivity contribution in [3.8, 4) is 0 Å². The molecule has 1 aromatic carbocycles. The third-order valence-corrected chi connectivity index (χ3v) is 5.68. The van der Waals surface area contributed by atoms with Crippen LogP contribution in [0.25, 0.3) is 0 Å². The van der Waals surface area contributed by atoms with Gasteiger partial charge in [0, 0.05) is 30.8 Å². The lowest BCUT2D eigenvalue weighted by Crippen LogP contribution is -2.39. The number of carbonyl (C=O) groups is 1. The molecule has 0 unspecified atom stereocenters. The van der Waals surface area contributed by atoms with Crippen molar-refractivity contribution in [1.29, 1.82) is 0 Å². The molecule has 25 heavy (non-hydrogen) atoms. The molecule has 1 N–H and O–H groups in total. The molecule has 2 fully saturated rings. The topological polar surface area (TPSA) is 75.5 Å².